The van der Waals surface area contributed by atoms with Crippen molar-refractivity contribution in [2.24, 2.45) is 5.92 Å². The number of likely N-dealkylation sites (tertiary alicyclic amines) is 2. The first-order chi connectivity index (χ1) is 27.8. The highest BCUT2D eigenvalue weighted by atomic mass is 16.7. The number of benzene rings is 4. The summed E-state index contributed by atoms with van der Waals surface area (Å²) < 4.78 is 30.7. The smallest absolute Gasteiger partial charge is 0.408 e. The van der Waals surface area contributed by atoms with Gasteiger partial charge in [-0.2, -0.15) is 0 Å². The Kier molecular flexibility index (Phi) is 11.8. The minimum Gasteiger partial charge on any atom is -0.445 e. The van der Waals surface area contributed by atoms with E-state index >= 15 is 0 Å². The van der Waals surface area contributed by atoms with E-state index in [1.165, 1.54) is 4.90 Å². The summed E-state index contributed by atoms with van der Waals surface area (Å²) in [4.78, 5) is 42.6. The minimum atomic E-state index is -0.993. The summed E-state index contributed by atoms with van der Waals surface area (Å²) in [5.74, 6) is -1.23. The number of amides is 3. The lowest BCUT2D eigenvalue weighted by Gasteiger charge is -2.44. The van der Waals surface area contributed by atoms with Crippen LogP contribution in [0.2, 0.25) is 0 Å². The maximum absolute atomic E-state index is 13.4. The SMILES string of the molecule is C[C@@H]1[C@H](CN2CCC3(CC2)OCCO3)O[C@H](c2ccc(-c3ccccc3CN3C(=O)CC(NC(=O)OCc4ccccc4)C3=O)cc2)O[C@@H]1c1ccc(CO)cc1. The van der Waals surface area contributed by atoms with Crippen LogP contribution in [-0.4, -0.2) is 83.6 Å². The van der Waals surface area contributed by atoms with Crippen LogP contribution in [0.4, 0.5) is 4.79 Å². The van der Waals surface area contributed by atoms with Crippen LogP contribution in [0.15, 0.2) is 103 Å². The molecule has 4 heterocycles. The Morgan fingerprint density at radius 1 is 0.842 bits per heavy atom. The molecule has 0 aliphatic carbocycles. The van der Waals surface area contributed by atoms with Crippen molar-refractivity contribution >= 4 is 17.9 Å². The average molecular weight is 776 g/mol. The third kappa shape index (κ3) is 8.81. The molecule has 4 aliphatic heterocycles. The van der Waals surface area contributed by atoms with Gasteiger partial charge in [0.15, 0.2) is 12.1 Å². The molecular weight excluding hydrogens is 727 g/mol. The molecule has 12 nitrogen and oxygen atoms in total. The molecule has 3 amide bonds. The molecule has 4 saturated heterocycles. The number of hydrogen-bond donors (Lipinski definition) is 2. The molecule has 8 rings (SSSR count). The van der Waals surface area contributed by atoms with Gasteiger partial charge in [0.05, 0.1) is 45.0 Å². The van der Waals surface area contributed by atoms with Crippen molar-refractivity contribution in [2.45, 2.75) is 76.3 Å². The van der Waals surface area contributed by atoms with Crippen molar-refractivity contribution in [2.75, 3.05) is 32.8 Å². The fourth-order valence-electron chi connectivity index (χ4n) is 8.24. The number of ether oxygens (including phenoxy) is 5. The van der Waals surface area contributed by atoms with Crippen molar-refractivity contribution in [1.82, 2.24) is 15.1 Å². The van der Waals surface area contributed by atoms with Crippen molar-refractivity contribution < 1.29 is 43.2 Å². The summed E-state index contributed by atoms with van der Waals surface area (Å²) in [6.07, 6.45) is -0.220. The van der Waals surface area contributed by atoms with E-state index in [-0.39, 0.29) is 50.2 Å². The molecule has 1 spiro atoms. The number of imide groups is 1. The molecule has 298 valence electrons. The van der Waals surface area contributed by atoms with Gasteiger partial charge >= 0.3 is 6.09 Å². The Bertz CT molecular complexity index is 2010. The Morgan fingerprint density at radius 2 is 1.53 bits per heavy atom. The van der Waals surface area contributed by atoms with Gasteiger partial charge in [0.1, 0.15) is 12.6 Å². The zero-order valence-electron chi connectivity index (χ0n) is 32.1. The highest BCUT2D eigenvalue weighted by Gasteiger charge is 2.43. The van der Waals surface area contributed by atoms with E-state index in [9.17, 15) is 19.5 Å². The highest BCUT2D eigenvalue weighted by Crippen LogP contribution is 2.43. The maximum Gasteiger partial charge on any atom is 0.408 e. The molecule has 0 saturated carbocycles. The lowest BCUT2D eigenvalue weighted by atomic mass is 9.89. The van der Waals surface area contributed by atoms with E-state index in [1.54, 1.807) is 0 Å². The van der Waals surface area contributed by atoms with Gasteiger partial charge in [0.25, 0.3) is 5.91 Å². The van der Waals surface area contributed by atoms with E-state index in [4.69, 9.17) is 23.7 Å². The molecule has 0 radical (unpaired) electrons. The van der Waals surface area contributed by atoms with Crippen molar-refractivity contribution in [3.63, 3.8) is 0 Å². The summed E-state index contributed by atoms with van der Waals surface area (Å²) in [7, 11) is 0. The van der Waals surface area contributed by atoms with Crippen LogP contribution in [-0.2, 0) is 53.0 Å². The molecule has 0 bridgehead atoms. The fourth-order valence-corrected chi connectivity index (χ4v) is 8.24. The second-order valence-corrected chi connectivity index (χ2v) is 15.3. The number of nitrogens with zero attached hydrogens (tertiary/aromatic N) is 2. The van der Waals surface area contributed by atoms with Crippen molar-refractivity contribution in [1.29, 1.82) is 0 Å². The van der Waals surface area contributed by atoms with Crippen LogP contribution < -0.4 is 5.32 Å². The predicted octanol–water partition coefficient (Wildman–Crippen LogP) is 6.03. The zero-order chi connectivity index (χ0) is 39.4. The quantitative estimate of drug-likeness (QED) is 0.174. The number of carbonyl (C=O) groups excluding carboxylic acids is 3. The van der Waals surface area contributed by atoms with Gasteiger partial charge in [0.2, 0.25) is 5.91 Å². The third-order valence-corrected chi connectivity index (χ3v) is 11.6. The van der Waals surface area contributed by atoms with Crippen LogP contribution in [0.25, 0.3) is 11.1 Å². The van der Waals surface area contributed by atoms with Gasteiger partial charge in [-0.05, 0) is 33.4 Å². The van der Waals surface area contributed by atoms with Gasteiger partial charge in [0, 0.05) is 44.0 Å². The lowest BCUT2D eigenvalue weighted by Crippen LogP contribution is -2.50. The Balaban J connectivity index is 0.951. The van der Waals surface area contributed by atoms with E-state index in [0.717, 1.165) is 71.4 Å². The van der Waals surface area contributed by atoms with Crippen molar-refractivity contribution in [3.05, 3.63) is 131 Å². The molecule has 4 aromatic rings. The van der Waals surface area contributed by atoms with Crippen LogP contribution >= 0.6 is 0 Å². The van der Waals surface area contributed by atoms with Crippen LogP contribution in [0.1, 0.15) is 66.4 Å². The molecule has 0 aromatic heterocycles. The number of rotatable bonds is 11. The number of aliphatic hydroxyl groups excluding tert-OH is 1. The minimum absolute atomic E-state index is 0.0243. The van der Waals surface area contributed by atoms with Crippen LogP contribution in [0, 0.1) is 5.92 Å². The number of carbonyl (C=O) groups is 3. The maximum atomic E-state index is 13.4. The number of aliphatic hydroxyl groups is 1. The number of hydrogen-bond acceptors (Lipinski definition) is 10. The Labute approximate surface area is 332 Å². The topological polar surface area (TPSA) is 136 Å². The van der Waals surface area contributed by atoms with Gasteiger partial charge in [-0.15, -0.1) is 0 Å². The van der Waals surface area contributed by atoms with E-state index in [2.05, 4.69) is 17.1 Å². The summed E-state index contributed by atoms with van der Waals surface area (Å²) in [6, 6.07) is 31.8. The molecule has 4 aliphatic rings. The molecule has 1 unspecified atom stereocenters. The molecule has 12 heteroatoms. The van der Waals surface area contributed by atoms with E-state index in [0.29, 0.717) is 13.2 Å². The summed E-state index contributed by atoms with van der Waals surface area (Å²) in [5.41, 5.74) is 6.13. The van der Waals surface area contributed by atoms with Gasteiger partial charge in [-0.1, -0.05) is 110 Å². The van der Waals surface area contributed by atoms with Crippen LogP contribution in [0.5, 0.6) is 0 Å². The number of alkyl carbamates (subject to hydrolysis) is 1. The zero-order valence-corrected chi connectivity index (χ0v) is 32.1. The number of piperidine rings is 1. The monoisotopic (exact) mass is 775 g/mol. The second-order valence-electron chi connectivity index (χ2n) is 15.3. The summed E-state index contributed by atoms with van der Waals surface area (Å²) in [5, 5.41) is 12.2. The van der Waals surface area contributed by atoms with Crippen LogP contribution in [0.3, 0.4) is 0 Å². The summed E-state index contributed by atoms with van der Waals surface area (Å²) in [6.45, 7) is 6.02. The molecule has 57 heavy (non-hydrogen) atoms. The first-order valence-electron chi connectivity index (χ1n) is 19.8. The highest BCUT2D eigenvalue weighted by molar-refractivity contribution is 6.06. The molecule has 5 atom stereocenters. The average Bonchev–Trinajstić information content (AvgIpc) is 3.81. The van der Waals surface area contributed by atoms with Gasteiger partial charge in [-0.3, -0.25) is 14.5 Å². The Morgan fingerprint density at radius 3 is 2.25 bits per heavy atom. The first kappa shape index (κ1) is 38.9. The Hall–Kier alpha value is -4.95. The molecule has 4 aromatic carbocycles. The van der Waals surface area contributed by atoms with E-state index in [1.807, 2.05) is 103 Å². The standard InChI is InChI=1S/C45H49N3O9/c1-30-39(27-47-21-19-45(20-22-47)54-23-24-55-45)56-43(57-41(30)34-13-11-31(28-49)12-14-34)35-17-15-33(16-18-35)37-10-6-5-9-36(37)26-48-40(50)25-38(42(48)51)46-44(52)53-29-32-7-3-2-4-8-32/h2-18,30,38-39,41,43,49H,19-29H2,1H3,(H,46,52)/t30-,38?,39+,41+,43+/m1/s1. The van der Waals surface area contributed by atoms with Gasteiger partial charge < -0.3 is 39.0 Å². The molecular formula is C45H49N3O9. The molecule has 2 N–H and O–H groups in total. The number of nitrogens with one attached hydrogen (secondary N) is 1. The second kappa shape index (κ2) is 17.3. The first-order valence-corrected chi connectivity index (χ1v) is 19.8. The summed E-state index contributed by atoms with van der Waals surface area (Å²) >= 11 is 0. The largest absolute Gasteiger partial charge is 0.445 e. The lowest BCUT2D eigenvalue weighted by molar-refractivity contribution is -0.278. The normalized spacial score (nSPS) is 24.9. The third-order valence-electron chi connectivity index (χ3n) is 11.6. The van der Waals surface area contributed by atoms with Crippen molar-refractivity contribution in [3.8, 4) is 11.1 Å². The molecule has 4 fully saturated rings. The van der Waals surface area contributed by atoms with Gasteiger partial charge in [-0.25, -0.2) is 4.79 Å². The van der Waals surface area contributed by atoms with E-state index < -0.39 is 30.1 Å². The predicted molar refractivity (Wildman–Crippen MR) is 209 cm³/mol. The fraction of sp³-hybridized carbons (Fsp3) is 0.400.